The molecule has 0 saturated heterocycles. The first-order valence-electron chi connectivity index (χ1n) is 14.1. The Morgan fingerprint density at radius 2 is 0.375 bits per heavy atom. The third kappa shape index (κ3) is 2.06. The Kier molecular flexibility index (Phi) is 3.22. The van der Waals surface area contributed by atoms with Gasteiger partial charge in [0.15, 0.2) is 0 Å². The van der Waals surface area contributed by atoms with Gasteiger partial charge < -0.3 is 0 Å². The number of fused-ring (bicyclic) bond motifs is 6. The highest BCUT2D eigenvalue weighted by molar-refractivity contribution is 6.45. The van der Waals surface area contributed by atoms with Gasteiger partial charge in [-0.25, -0.2) is 0 Å². The molecule has 0 aliphatic heterocycles. The van der Waals surface area contributed by atoms with Gasteiger partial charge in [0.05, 0.1) is 0 Å². The highest BCUT2D eigenvalue weighted by Gasteiger charge is 2.21. The van der Waals surface area contributed by atoms with Crippen LogP contribution in [-0.4, -0.2) is 0 Å². The molecule has 180 valence electrons. The molecule has 0 saturated carbocycles. The average molecular weight is 501 g/mol. The maximum absolute atomic E-state index is 2.39. The smallest absolute Gasteiger partial charge is 0.00139 e. The van der Waals surface area contributed by atoms with E-state index >= 15 is 0 Å². The molecule has 0 fully saturated rings. The molecule has 0 heterocycles. The summed E-state index contributed by atoms with van der Waals surface area (Å²) in [5.41, 5.74) is 0. The summed E-state index contributed by atoms with van der Waals surface area (Å²) >= 11 is 0. The fourth-order valence-electron chi connectivity index (χ4n) is 8.37. The third-order valence-electron chi connectivity index (χ3n) is 9.87. The lowest BCUT2D eigenvalue weighted by atomic mass is 9.82. The third-order valence-corrected chi connectivity index (χ3v) is 9.87. The zero-order valence-electron chi connectivity index (χ0n) is 21.5. The molecule has 11 aromatic carbocycles. The Labute approximate surface area is 228 Å². The average Bonchev–Trinajstić information content (AvgIpc) is 3.01. The van der Waals surface area contributed by atoms with E-state index in [-0.39, 0.29) is 0 Å². The number of benzene rings is 11. The Morgan fingerprint density at radius 3 is 0.600 bits per heavy atom. The molecular weight excluding hydrogens is 480 g/mol. The fourth-order valence-corrected chi connectivity index (χ4v) is 8.37. The van der Waals surface area contributed by atoms with Crippen molar-refractivity contribution in [1.82, 2.24) is 0 Å². The summed E-state index contributed by atoms with van der Waals surface area (Å²) in [5, 5.41) is 27.2. The van der Waals surface area contributed by atoms with Crippen molar-refractivity contribution in [3.8, 4) is 0 Å². The molecule has 0 atom stereocenters. The van der Waals surface area contributed by atoms with Crippen molar-refractivity contribution < 1.29 is 0 Å². The molecule has 11 aromatic rings. The van der Waals surface area contributed by atoms with Crippen LogP contribution >= 0.6 is 0 Å². The summed E-state index contributed by atoms with van der Waals surface area (Å²) in [5.74, 6) is 0. The quantitative estimate of drug-likeness (QED) is 0.143. The van der Waals surface area contributed by atoms with Crippen LogP contribution in [0.4, 0.5) is 0 Å². The van der Waals surface area contributed by atoms with E-state index in [1.807, 2.05) is 0 Å². The van der Waals surface area contributed by atoms with Crippen LogP contribution in [0.1, 0.15) is 0 Å². The number of rotatable bonds is 0. The summed E-state index contributed by atoms with van der Waals surface area (Å²) in [6.07, 6.45) is 0. The Bertz CT molecular complexity index is 2470. The normalized spacial score (nSPS) is 13.0. The fraction of sp³-hybridized carbons (Fsp3) is 0. The Hall–Kier alpha value is -5.20. The largest absolute Gasteiger partial charge is 0.0610 e. The maximum Gasteiger partial charge on any atom is -0.00139 e. The molecule has 40 heavy (non-hydrogen) atoms. The first-order valence-corrected chi connectivity index (χ1v) is 14.1. The van der Waals surface area contributed by atoms with Crippen molar-refractivity contribution in [3.05, 3.63) is 121 Å². The van der Waals surface area contributed by atoms with Gasteiger partial charge in [-0.15, -0.1) is 0 Å². The zero-order valence-corrected chi connectivity index (χ0v) is 21.5. The van der Waals surface area contributed by atoms with E-state index < -0.39 is 0 Å². The van der Waals surface area contributed by atoms with Crippen LogP contribution < -0.4 is 0 Å². The monoisotopic (exact) mass is 500 g/mol. The SMILES string of the molecule is c1cc2cccc3c4ccc5c6ccc7c8cccc9cccc(c%10ccc(c%11ccc(c(c1)c23)c4c%115)c6c%107)c98. The molecule has 0 aliphatic carbocycles. The molecule has 0 bridgehead atoms. The number of hydrogen-bond acceptors (Lipinski definition) is 0. The molecule has 0 heteroatoms. The molecule has 0 nitrogen and oxygen atoms in total. The van der Waals surface area contributed by atoms with Crippen molar-refractivity contribution in [2.45, 2.75) is 0 Å². The second-order valence-electron chi connectivity index (χ2n) is 11.6. The topological polar surface area (TPSA) is 0 Å². The van der Waals surface area contributed by atoms with E-state index in [9.17, 15) is 0 Å². The second kappa shape index (κ2) is 6.50. The Morgan fingerprint density at radius 1 is 0.175 bits per heavy atom. The van der Waals surface area contributed by atoms with Gasteiger partial charge in [-0.2, -0.15) is 0 Å². The lowest BCUT2D eigenvalue weighted by molar-refractivity contribution is 1.80. The summed E-state index contributed by atoms with van der Waals surface area (Å²) < 4.78 is 0. The predicted octanol–water partition coefficient (Wildman–Crippen LogP) is 11.5. The minimum Gasteiger partial charge on any atom is -0.0610 e. The standard InChI is InChI=1S/C40H20/c1-5-21-6-2-10-24-28-14-18-32-34-20-16-30-26-12-4-8-22-7-3-11-25(36(22)26)29-15-19-33(40(34)38(29)30)31-17-13-27(37(28)39(31)32)23(9-1)35(21)24/h1-20H. The van der Waals surface area contributed by atoms with E-state index in [1.54, 1.807) is 0 Å². The minimum atomic E-state index is 1.31. The van der Waals surface area contributed by atoms with Crippen molar-refractivity contribution in [2.75, 3.05) is 0 Å². The Balaban J connectivity index is 1.45. The molecule has 11 rings (SSSR count). The van der Waals surface area contributed by atoms with Gasteiger partial charge in [0.1, 0.15) is 0 Å². The van der Waals surface area contributed by atoms with Gasteiger partial charge in [-0.1, -0.05) is 121 Å². The van der Waals surface area contributed by atoms with E-state index in [2.05, 4.69) is 121 Å². The molecule has 0 unspecified atom stereocenters. The van der Waals surface area contributed by atoms with Gasteiger partial charge in [0, 0.05) is 0 Å². The van der Waals surface area contributed by atoms with Crippen molar-refractivity contribution in [2.24, 2.45) is 0 Å². The van der Waals surface area contributed by atoms with Gasteiger partial charge in [0.2, 0.25) is 0 Å². The van der Waals surface area contributed by atoms with Crippen molar-refractivity contribution >= 4 is 108 Å². The minimum absolute atomic E-state index is 1.31. The lowest BCUT2D eigenvalue weighted by Gasteiger charge is -2.21. The van der Waals surface area contributed by atoms with E-state index in [0.29, 0.717) is 0 Å². The molecule has 0 N–H and O–H groups in total. The van der Waals surface area contributed by atoms with Gasteiger partial charge >= 0.3 is 0 Å². The highest BCUT2D eigenvalue weighted by atomic mass is 14.2. The summed E-state index contributed by atoms with van der Waals surface area (Å²) in [6.45, 7) is 0. The van der Waals surface area contributed by atoms with E-state index in [1.165, 1.54) is 108 Å². The van der Waals surface area contributed by atoms with E-state index in [0.717, 1.165) is 0 Å². The van der Waals surface area contributed by atoms with Crippen LogP contribution in [0.2, 0.25) is 0 Å². The maximum atomic E-state index is 2.39. The van der Waals surface area contributed by atoms with Gasteiger partial charge in [0.25, 0.3) is 0 Å². The molecule has 0 aliphatic rings. The predicted molar refractivity (Wildman–Crippen MR) is 175 cm³/mol. The van der Waals surface area contributed by atoms with Crippen LogP contribution in [0.25, 0.3) is 108 Å². The summed E-state index contributed by atoms with van der Waals surface area (Å²) in [4.78, 5) is 0. The zero-order chi connectivity index (χ0) is 25.7. The molecule has 0 aromatic heterocycles. The highest BCUT2D eigenvalue weighted by Crippen LogP contribution is 2.50. The van der Waals surface area contributed by atoms with Crippen LogP contribution in [0.5, 0.6) is 0 Å². The molecule has 0 spiro atoms. The molecule has 0 radical (unpaired) electrons. The first kappa shape index (κ1) is 19.8. The van der Waals surface area contributed by atoms with Gasteiger partial charge in [-0.05, 0) is 108 Å². The van der Waals surface area contributed by atoms with Crippen LogP contribution in [-0.2, 0) is 0 Å². The summed E-state index contributed by atoms with van der Waals surface area (Å²) in [6, 6.07) is 46.1. The van der Waals surface area contributed by atoms with Crippen LogP contribution in [0.3, 0.4) is 0 Å². The van der Waals surface area contributed by atoms with Crippen molar-refractivity contribution in [3.63, 3.8) is 0 Å². The lowest BCUT2D eigenvalue weighted by Crippen LogP contribution is -1.93. The van der Waals surface area contributed by atoms with Crippen molar-refractivity contribution in [1.29, 1.82) is 0 Å². The van der Waals surface area contributed by atoms with E-state index in [4.69, 9.17) is 0 Å². The molecular formula is C40H20. The number of hydrogen-bond donors (Lipinski definition) is 0. The van der Waals surface area contributed by atoms with Crippen LogP contribution in [0.15, 0.2) is 121 Å². The summed E-state index contributed by atoms with van der Waals surface area (Å²) in [7, 11) is 0. The van der Waals surface area contributed by atoms with Gasteiger partial charge in [-0.3, -0.25) is 0 Å². The molecule has 0 amide bonds. The second-order valence-corrected chi connectivity index (χ2v) is 11.6. The van der Waals surface area contributed by atoms with Crippen LogP contribution in [0, 0.1) is 0 Å². The first-order chi connectivity index (χ1) is 19.9.